The van der Waals surface area contributed by atoms with Crippen LogP contribution in [0.5, 0.6) is 0 Å². The molecular formula is C12H18F2N5O2P. The number of nitrogens with one attached hydrogen (secondary N) is 2. The molecule has 1 aromatic rings. The normalized spacial score (nSPS) is 14.2. The molecule has 2 rings (SSSR count). The van der Waals surface area contributed by atoms with E-state index >= 15 is 0 Å². The van der Waals surface area contributed by atoms with E-state index in [0.29, 0.717) is 37.6 Å². The number of unbranched alkanes of at least 4 members (excludes halogenated alkanes) is 3. The van der Waals surface area contributed by atoms with Gasteiger partial charge in [0.15, 0.2) is 5.82 Å². The number of hydrogen-bond donors (Lipinski definition) is 3. The third kappa shape index (κ3) is 4.13. The lowest BCUT2D eigenvalue weighted by Crippen LogP contribution is -2.24. The van der Waals surface area contributed by atoms with Gasteiger partial charge in [0.1, 0.15) is 5.69 Å². The highest BCUT2D eigenvalue weighted by molar-refractivity contribution is 7.25. The summed E-state index contributed by atoms with van der Waals surface area (Å²) in [6, 6.07) is 0. The Hall–Kier alpha value is -1.76. The van der Waals surface area contributed by atoms with Crippen molar-refractivity contribution in [2.75, 3.05) is 29.2 Å². The van der Waals surface area contributed by atoms with Crippen LogP contribution in [0.25, 0.3) is 0 Å². The number of H-pyrrole nitrogens is 1. The molecule has 4 N–H and O–H groups in total. The fourth-order valence-corrected chi connectivity index (χ4v) is 2.59. The van der Waals surface area contributed by atoms with Crippen LogP contribution in [0, 0.1) is 0 Å². The van der Waals surface area contributed by atoms with Crippen LogP contribution in [0.4, 0.5) is 26.2 Å². The molecule has 0 atom stereocenters. The Balaban J connectivity index is 1.74. The smallest absolute Gasteiger partial charge is 0.325 e. The number of rotatable bonds is 8. The molecule has 122 valence electrons. The summed E-state index contributed by atoms with van der Waals surface area (Å²) in [6.07, 6.45) is 2.18. The Bertz CT molecular complexity index is 595. The number of anilines is 3. The molecule has 0 radical (unpaired) electrons. The topological polar surface area (TPSA) is 104 Å². The van der Waals surface area contributed by atoms with Gasteiger partial charge in [0.2, 0.25) is 14.4 Å². The molecule has 10 heteroatoms. The van der Waals surface area contributed by atoms with Crippen LogP contribution in [0.2, 0.25) is 0 Å². The maximum Gasteiger partial charge on any atom is 0.325 e. The lowest BCUT2D eigenvalue weighted by molar-refractivity contribution is 0.0847. The second-order valence-electron chi connectivity index (χ2n) is 5.17. The van der Waals surface area contributed by atoms with E-state index in [-0.39, 0.29) is 17.9 Å². The zero-order chi connectivity index (χ0) is 16.2. The first kappa shape index (κ1) is 16.6. The molecule has 1 aliphatic heterocycles. The Morgan fingerprint density at radius 3 is 2.77 bits per heavy atom. The highest BCUT2D eigenvalue weighted by Crippen LogP contribution is 2.32. The summed E-state index contributed by atoms with van der Waals surface area (Å²) in [5.74, 6) is 0.592. The molecule has 0 unspecified atom stereocenters. The van der Waals surface area contributed by atoms with Gasteiger partial charge >= 0.3 is 5.66 Å². The first-order chi connectivity index (χ1) is 10.4. The molecule has 1 aliphatic rings. The number of hydrogen-bond acceptors (Lipinski definition) is 6. The van der Waals surface area contributed by atoms with Crippen molar-refractivity contribution >= 4 is 25.9 Å². The van der Waals surface area contributed by atoms with E-state index in [0.717, 1.165) is 12.8 Å². The number of nitrogens with two attached hydrogens (primary N) is 1. The third-order valence-electron chi connectivity index (χ3n) is 3.45. The molecule has 0 saturated heterocycles. The Labute approximate surface area is 127 Å². The molecule has 0 aliphatic carbocycles. The quantitative estimate of drug-likeness (QED) is 0.498. The van der Waals surface area contributed by atoms with Gasteiger partial charge in [0.25, 0.3) is 5.56 Å². The van der Waals surface area contributed by atoms with Crippen LogP contribution < -0.4 is 21.5 Å². The molecule has 2 heterocycles. The van der Waals surface area contributed by atoms with Gasteiger partial charge in [-0.25, -0.2) is 0 Å². The number of nitrogen functional groups attached to an aromatic ring is 1. The van der Waals surface area contributed by atoms with Crippen molar-refractivity contribution in [3.05, 3.63) is 10.4 Å². The second-order valence-corrected chi connectivity index (χ2v) is 6.01. The minimum absolute atomic E-state index is 0.0662. The first-order valence-corrected chi connectivity index (χ1v) is 7.85. The lowest BCUT2D eigenvalue weighted by atomic mass is 10.1. The van der Waals surface area contributed by atoms with E-state index in [1.807, 2.05) is 4.90 Å². The predicted octanol–water partition coefficient (Wildman–Crippen LogP) is 2.38. The molecule has 0 saturated carbocycles. The van der Waals surface area contributed by atoms with Crippen LogP contribution in [0.1, 0.15) is 32.1 Å². The third-order valence-corrected chi connectivity index (χ3v) is 3.94. The average molecular weight is 333 g/mol. The van der Waals surface area contributed by atoms with Crippen molar-refractivity contribution in [2.24, 2.45) is 0 Å². The van der Waals surface area contributed by atoms with E-state index < -0.39 is 14.1 Å². The summed E-state index contributed by atoms with van der Waals surface area (Å²) in [5.41, 5.74) is 2.52. The summed E-state index contributed by atoms with van der Waals surface area (Å²) in [4.78, 5) is 20.1. The van der Waals surface area contributed by atoms with Gasteiger partial charge in [0, 0.05) is 13.0 Å². The summed E-state index contributed by atoms with van der Waals surface area (Å²) in [5, 5.41) is 2.95. The summed E-state index contributed by atoms with van der Waals surface area (Å²) >= 11 is 0. The van der Waals surface area contributed by atoms with Crippen molar-refractivity contribution in [1.82, 2.24) is 9.97 Å². The number of halogens is 2. The predicted molar refractivity (Wildman–Crippen MR) is 80.7 cm³/mol. The van der Waals surface area contributed by atoms with Crippen molar-refractivity contribution in [2.45, 2.75) is 37.8 Å². The summed E-state index contributed by atoms with van der Waals surface area (Å²) < 4.78 is 35.7. The van der Waals surface area contributed by atoms with Gasteiger partial charge in [-0.3, -0.25) is 14.3 Å². The van der Waals surface area contributed by atoms with Gasteiger partial charge in [-0.15, -0.1) is 0 Å². The zero-order valence-corrected chi connectivity index (χ0v) is 12.8. The Morgan fingerprint density at radius 1 is 1.32 bits per heavy atom. The van der Waals surface area contributed by atoms with Crippen LogP contribution in [-0.4, -0.2) is 28.8 Å². The van der Waals surface area contributed by atoms with Crippen molar-refractivity contribution in [1.29, 1.82) is 0 Å². The fraction of sp³-hybridized carbons (Fsp3) is 0.667. The highest BCUT2D eigenvalue weighted by atomic mass is 31.1. The Morgan fingerprint density at radius 2 is 2.05 bits per heavy atom. The SMILES string of the molecule is Nc1nc2c(c(=O)[nH]1)NCN2CCCCCCC(F)(F)P=O. The van der Waals surface area contributed by atoms with E-state index in [2.05, 4.69) is 15.3 Å². The average Bonchev–Trinajstić information content (AvgIpc) is 2.86. The van der Waals surface area contributed by atoms with Crippen LogP contribution in [-0.2, 0) is 4.57 Å². The van der Waals surface area contributed by atoms with Crippen molar-refractivity contribution < 1.29 is 13.3 Å². The monoisotopic (exact) mass is 333 g/mol. The van der Waals surface area contributed by atoms with Crippen LogP contribution >= 0.6 is 8.46 Å². The number of nitrogens with zero attached hydrogens (tertiary/aromatic N) is 2. The van der Waals surface area contributed by atoms with Gasteiger partial charge in [-0.1, -0.05) is 12.8 Å². The zero-order valence-electron chi connectivity index (χ0n) is 11.9. The Kier molecular flexibility index (Phi) is 5.28. The molecule has 0 fully saturated rings. The lowest BCUT2D eigenvalue weighted by Gasteiger charge is -2.16. The number of fused-ring (bicyclic) bond motifs is 1. The second kappa shape index (κ2) is 7.00. The van der Waals surface area contributed by atoms with Crippen molar-refractivity contribution in [3.63, 3.8) is 0 Å². The molecule has 22 heavy (non-hydrogen) atoms. The van der Waals surface area contributed by atoms with Crippen LogP contribution in [0.3, 0.4) is 0 Å². The van der Waals surface area contributed by atoms with Gasteiger partial charge in [-0.05, 0) is 12.8 Å². The number of aromatic amines is 1. The van der Waals surface area contributed by atoms with Gasteiger partial charge < -0.3 is 16.0 Å². The summed E-state index contributed by atoms with van der Waals surface area (Å²) in [7, 11) is -1.11. The molecule has 0 aromatic carbocycles. The standard InChI is InChI=1S/C12H18F2N5O2P/c13-12(14,22-21)5-3-1-2-4-6-19-7-16-8-9(19)17-11(15)18-10(8)20/h16H,1-7H2,(H3,15,17,18,20). The minimum atomic E-state index is -3.11. The highest BCUT2D eigenvalue weighted by Gasteiger charge is 2.28. The molecular weight excluding hydrogens is 315 g/mol. The van der Waals surface area contributed by atoms with Crippen LogP contribution in [0.15, 0.2) is 4.79 Å². The van der Waals surface area contributed by atoms with Gasteiger partial charge in [-0.2, -0.15) is 13.8 Å². The molecule has 0 spiro atoms. The largest absolute Gasteiger partial charge is 0.369 e. The maximum absolute atomic E-state index is 12.8. The number of alkyl halides is 2. The minimum Gasteiger partial charge on any atom is -0.369 e. The van der Waals surface area contributed by atoms with E-state index in [1.54, 1.807) is 0 Å². The van der Waals surface area contributed by atoms with Gasteiger partial charge in [0.05, 0.1) is 6.67 Å². The molecule has 0 amide bonds. The molecule has 7 nitrogen and oxygen atoms in total. The van der Waals surface area contributed by atoms with E-state index in [4.69, 9.17) is 5.73 Å². The molecule has 0 bridgehead atoms. The maximum atomic E-state index is 12.8. The van der Waals surface area contributed by atoms with E-state index in [9.17, 15) is 18.1 Å². The molecule has 1 aromatic heterocycles. The fourth-order valence-electron chi connectivity index (χ4n) is 2.34. The first-order valence-electron chi connectivity index (χ1n) is 7.04. The number of aromatic nitrogens is 2. The van der Waals surface area contributed by atoms with E-state index in [1.165, 1.54) is 0 Å². The van der Waals surface area contributed by atoms with Crippen molar-refractivity contribution in [3.8, 4) is 0 Å². The summed E-state index contributed by atoms with van der Waals surface area (Å²) in [6.45, 7) is 1.13.